The van der Waals surface area contributed by atoms with Crippen molar-refractivity contribution >= 4 is 15.7 Å². The topological polar surface area (TPSA) is 97.0 Å². The number of ether oxygens (including phenoxy) is 1. The third kappa shape index (κ3) is 4.46. The van der Waals surface area contributed by atoms with Gasteiger partial charge in [0, 0.05) is 6.20 Å². The maximum absolute atomic E-state index is 12.6. The molecule has 0 saturated heterocycles. The molecule has 0 bridgehead atoms. The van der Waals surface area contributed by atoms with E-state index in [2.05, 4.69) is 9.82 Å². The van der Waals surface area contributed by atoms with Gasteiger partial charge in [-0.3, -0.25) is 9.40 Å². The van der Waals surface area contributed by atoms with Crippen LogP contribution in [-0.2, 0) is 16.6 Å². The summed E-state index contributed by atoms with van der Waals surface area (Å²) < 4.78 is 34.7. The summed E-state index contributed by atoms with van der Waals surface area (Å²) in [7, 11) is -3.85. The second-order valence-corrected chi connectivity index (χ2v) is 7.40. The fourth-order valence-corrected chi connectivity index (χ4v) is 3.59. The second-order valence-electron chi connectivity index (χ2n) is 5.72. The van der Waals surface area contributed by atoms with Gasteiger partial charge in [-0.2, -0.15) is 10.4 Å². The second kappa shape index (κ2) is 7.93. The Labute approximate surface area is 157 Å². The molecule has 7 nitrogen and oxygen atoms in total. The number of hydrogen-bond acceptors (Lipinski definition) is 5. The van der Waals surface area contributed by atoms with Gasteiger partial charge in [0.05, 0.1) is 35.5 Å². The standard InChI is InChI=1S/C19H18N4O3S/c1-2-26-19-9-8-18(10-16(19)11-20)27(24,25)22-17-12-21-23(14-17)13-15-6-4-3-5-7-15/h3-10,12,14,22H,2,13H2,1H3. The maximum atomic E-state index is 12.6. The van der Waals surface area contributed by atoms with Crippen LogP contribution in [0.1, 0.15) is 18.1 Å². The molecule has 0 aliphatic heterocycles. The molecule has 0 spiro atoms. The van der Waals surface area contributed by atoms with E-state index in [9.17, 15) is 13.7 Å². The molecular formula is C19H18N4O3S. The van der Waals surface area contributed by atoms with E-state index < -0.39 is 10.0 Å². The minimum absolute atomic E-state index is 0.0155. The summed E-state index contributed by atoms with van der Waals surface area (Å²) in [6.07, 6.45) is 3.06. The van der Waals surface area contributed by atoms with Crippen LogP contribution in [0.4, 0.5) is 5.69 Å². The molecule has 2 aromatic carbocycles. The molecule has 0 aliphatic carbocycles. The van der Waals surface area contributed by atoms with Gasteiger partial charge < -0.3 is 4.74 Å². The van der Waals surface area contributed by atoms with E-state index in [-0.39, 0.29) is 10.5 Å². The smallest absolute Gasteiger partial charge is 0.262 e. The van der Waals surface area contributed by atoms with Crippen molar-refractivity contribution in [2.45, 2.75) is 18.4 Å². The molecule has 3 rings (SSSR count). The molecule has 0 saturated carbocycles. The molecular weight excluding hydrogens is 364 g/mol. The van der Waals surface area contributed by atoms with Gasteiger partial charge in [0.25, 0.3) is 10.0 Å². The number of nitriles is 1. The van der Waals surface area contributed by atoms with Crippen LogP contribution >= 0.6 is 0 Å². The molecule has 1 N–H and O–H groups in total. The SMILES string of the molecule is CCOc1ccc(S(=O)(=O)Nc2cnn(Cc3ccccc3)c2)cc1C#N. The fourth-order valence-electron chi connectivity index (χ4n) is 2.53. The Bertz CT molecular complexity index is 1070. The van der Waals surface area contributed by atoms with Crippen LogP contribution in [0.5, 0.6) is 5.75 Å². The lowest BCUT2D eigenvalue weighted by Crippen LogP contribution is -2.13. The van der Waals surface area contributed by atoms with Crippen molar-refractivity contribution in [3.05, 3.63) is 72.1 Å². The van der Waals surface area contributed by atoms with Crippen LogP contribution in [0.2, 0.25) is 0 Å². The zero-order chi connectivity index (χ0) is 19.3. The predicted octanol–water partition coefficient (Wildman–Crippen LogP) is 3.00. The van der Waals surface area contributed by atoms with E-state index in [1.165, 1.54) is 24.4 Å². The summed E-state index contributed by atoms with van der Waals surface area (Å²) in [5, 5.41) is 13.4. The highest BCUT2D eigenvalue weighted by Crippen LogP contribution is 2.23. The zero-order valence-corrected chi connectivity index (χ0v) is 15.5. The van der Waals surface area contributed by atoms with Crippen LogP contribution in [0, 0.1) is 11.3 Å². The largest absolute Gasteiger partial charge is 0.492 e. The van der Waals surface area contributed by atoms with Crippen molar-refractivity contribution in [2.24, 2.45) is 0 Å². The van der Waals surface area contributed by atoms with Crippen molar-refractivity contribution in [3.8, 4) is 11.8 Å². The van der Waals surface area contributed by atoms with Gasteiger partial charge in [0.1, 0.15) is 11.8 Å². The highest BCUT2D eigenvalue weighted by molar-refractivity contribution is 7.92. The van der Waals surface area contributed by atoms with E-state index in [1.54, 1.807) is 17.8 Å². The van der Waals surface area contributed by atoms with Crippen LogP contribution in [0.25, 0.3) is 0 Å². The zero-order valence-electron chi connectivity index (χ0n) is 14.7. The van der Waals surface area contributed by atoms with Crippen LogP contribution in [0.3, 0.4) is 0 Å². The Morgan fingerprint density at radius 2 is 2.00 bits per heavy atom. The molecule has 0 aliphatic rings. The minimum Gasteiger partial charge on any atom is -0.492 e. The molecule has 0 radical (unpaired) electrons. The number of hydrogen-bond donors (Lipinski definition) is 1. The highest BCUT2D eigenvalue weighted by atomic mass is 32.2. The Kier molecular flexibility index (Phi) is 5.43. The summed E-state index contributed by atoms with van der Waals surface area (Å²) in [5.74, 6) is 0.356. The summed E-state index contributed by atoms with van der Waals surface area (Å²) >= 11 is 0. The predicted molar refractivity (Wildman–Crippen MR) is 101 cm³/mol. The van der Waals surface area contributed by atoms with Gasteiger partial charge in [-0.25, -0.2) is 8.42 Å². The summed E-state index contributed by atoms with van der Waals surface area (Å²) in [6.45, 7) is 2.71. The Balaban J connectivity index is 1.78. The lowest BCUT2D eigenvalue weighted by molar-refractivity contribution is 0.339. The van der Waals surface area contributed by atoms with Gasteiger partial charge in [-0.15, -0.1) is 0 Å². The van der Waals surface area contributed by atoms with Gasteiger partial charge >= 0.3 is 0 Å². The van der Waals surface area contributed by atoms with Crippen molar-refractivity contribution in [3.63, 3.8) is 0 Å². The molecule has 0 unspecified atom stereocenters. The Morgan fingerprint density at radius 1 is 1.22 bits per heavy atom. The number of anilines is 1. The first-order valence-corrected chi connectivity index (χ1v) is 9.76. The molecule has 1 heterocycles. The van der Waals surface area contributed by atoms with Crippen LogP contribution in [0.15, 0.2) is 65.8 Å². The van der Waals surface area contributed by atoms with E-state index in [1.807, 2.05) is 36.4 Å². The monoisotopic (exact) mass is 382 g/mol. The number of benzene rings is 2. The normalized spacial score (nSPS) is 11.0. The maximum Gasteiger partial charge on any atom is 0.262 e. The number of nitrogens with one attached hydrogen (secondary N) is 1. The van der Waals surface area contributed by atoms with Gasteiger partial charge in [0.2, 0.25) is 0 Å². The third-order valence-corrected chi connectivity index (χ3v) is 5.13. The molecule has 27 heavy (non-hydrogen) atoms. The van der Waals surface area contributed by atoms with Gasteiger partial charge in [0.15, 0.2) is 0 Å². The van der Waals surface area contributed by atoms with Crippen LogP contribution < -0.4 is 9.46 Å². The van der Waals surface area contributed by atoms with Crippen LogP contribution in [-0.4, -0.2) is 24.8 Å². The first-order valence-electron chi connectivity index (χ1n) is 8.28. The molecule has 138 valence electrons. The van der Waals surface area contributed by atoms with E-state index in [0.717, 1.165) is 5.56 Å². The first kappa shape index (κ1) is 18.5. The fraction of sp³-hybridized carbons (Fsp3) is 0.158. The molecule has 0 amide bonds. The van der Waals surface area contributed by atoms with Gasteiger partial charge in [-0.1, -0.05) is 30.3 Å². The quantitative estimate of drug-likeness (QED) is 0.677. The van der Waals surface area contributed by atoms with Crippen molar-refractivity contribution in [2.75, 3.05) is 11.3 Å². The average molecular weight is 382 g/mol. The first-order chi connectivity index (χ1) is 13.0. The summed E-state index contributed by atoms with van der Waals surface area (Å²) in [5.41, 5.74) is 1.57. The number of sulfonamides is 1. The molecule has 0 fully saturated rings. The number of aromatic nitrogens is 2. The summed E-state index contributed by atoms with van der Waals surface area (Å²) in [4.78, 5) is -0.0155. The molecule has 3 aromatic rings. The van der Waals surface area contributed by atoms with E-state index >= 15 is 0 Å². The number of rotatable bonds is 7. The lowest BCUT2D eigenvalue weighted by atomic mass is 10.2. The molecule has 8 heteroatoms. The van der Waals surface area contributed by atoms with E-state index in [0.29, 0.717) is 24.6 Å². The summed E-state index contributed by atoms with van der Waals surface area (Å²) in [6, 6.07) is 15.9. The Hall–Kier alpha value is -3.31. The van der Waals surface area contributed by atoms with E-state index in [4.69, 9.17) is 4.74 Å². The van der Waals surface area contributed by atoms with Gasteiger partial charge in [-0.05, 0) is 30.7 Å². The third-order valence-electron chi connectivity index (χ3n) is 3.75. The highest BCUT2D eigenvalue weighted by Gasteiger charge is 2.17. The number of nitrogens with zero attached hydrogens (tertiary/aromatic N) is 3. The van der Waals surface area contributed by atoms with Crippen molar-refractivity contribution in [1.82, 2.24) is 9.78 Å². The minimum atomic E-state index is -3.85. The van der Waals surface area contributed by atoms with Crippen molar-refractivity contribution < 1.29 is 13.2 Å². The Morgan fingerprint density at radius 3 is 2.70 bits per heavy atom. The van der Waals surface area contributed by atoms with Crippen molar-refractivity contribution in [1.29, 1.82) is 5.26 Å². The molecule has 1 aromatic heterocycles. The lowest BCUT2D eigenvalue weighted by Gasteiger charge is -2.09. The average Bonchev–Trinajstić information content (AvgIpc) is 3.09. The molecule has 0 atom stereocenters.